The molecule has 5 N–H and O–H groups in total. The fourth-order valence-corrected chi connectivity index (χ4v) is 3.01. The molecule has 0 aliphatic rings. The molecule has 0 aliphatic heterocycles. The molecule has 8 nitrogen and oxygen atoms in total. The predicted molar refractivity (Wildman–Crippen MR) is 112 cm³/mol. The van der Waals surface area contributed by atoms with Crippen LogP contribution in [0.1, 0.15) is 19.4 Å². The first kappa shape index (κ1) is 20.5. The van der Waals surface area contributed by atoms with Crippen molar-refractivity contribution in [1.29, 1.82) is 0 Å². The first-order valence-electron chi connectivity index (χ1n) is 8.62. The highest BCUT2D eigenvalue weighted by atomic mass is 32.2. The van der Waals surface area contributed by atoms with Gasteiger partial charge >= 0.3 is 0 Å². The maximum Gasteiger partial charge on any atom is 0.238 e. The molecular formula is C20H21N5O3S. The van der Waals surface area contributed by atoms with E-state index in [1.165, 1.54) is 12.1 Å². The lowest BCUT2D eigenvalue weighted by molar-refractivity contribution is 0.418. The Balaban J connectivity index is 1.94. The zero-order valence-corrected chi connectivity index (χ0v) is 17.0. The molecule has 0 unspecified atom stereocenters. The van der Waals surface area contributed by atoms with E-state index in [9.17, 15) is 8.42 Å². The van der Waals surface area contributed by atoms with Crippen LogP contribution in [0.25, 0.3) is 10.9 Å². The summed E-state index contributed by atoms with van der Waals surface area (Å²) in [6, 6.07) is 9.63. The molecular weight excluding hydrogens is 390 g/mol. The highest BCUT2D eigenvalue weighted by Gasteiger charge is 2.10. The van der Waals surface area contributed by atoms with Crippen LogP contribution in [0.3, 0.4) is 0 Å². The molecule has 3 rings (SSSR count). The van der Waals surface area contributed by atoms with Crippen molar-refractivity contribution < 1.29 is 13.2 Å². The maximum atomic E-state index is 11.4. The summed E-state index contributed by atoms with van der Waals surface area (Å²) in [5.41, 5.74) is 7.28. The van der Waals surface area contributed by atoms with Gasteiger partial charge in [-0.05, 0) is 50.2 Å². The third-order valence-corrected chi connectivity index (χ3v) is 4.77. The summed E-state index contributed by atoms with van der Waals surface area (Å²) in [5, 5.41) is 8.90. The third-order valence-electron chi connectivity index (χ3n) is 3.84. The Kier molecular flexibility index (Phi) is 5.44. The maximum absolute atomic E-state index is 11.4. The van der Waals surface area contributed by atoms with Gasteiger partial charge in [-0.15, -0.1) is 0 Å². The van der Waals surface area contributed by atoms with Crippen LogP contribution in [0.2, 0.25) is 0 Å². The van der Waals surface area contributed by atoms with Gasteiger partial charge in [-0.1, -0.05) is 11.8 Å². The van der Waals surface area contributed by atoms with E-state index < -0.39 is 15.6 Å². The Bertz CT molecular complexity index is 1220. The van der Waals surface area contributed by atoms with Crippen molar-refractivity contribution in [2.45, 2.75) is 24.3 Å². The molecule has 1 heterocycles. The molecule has 2 aromatic carbocycles. The monoisotopic (exact) mass is 411 g/mol. The lowest BCUT2D eigenvalue weighted by Gasteiger charge is -2.10. The number of sulfonamides is 1. The molecule has 3 aromatic rings. The van der Waals surface area contributed by atoms with Crippen molar-refractivity contribution in [2.24, 2.45) is 10.9 Å². The number of ether oxygens (including phenoxy) is 1. The van der Waals surface area contributed by atoms with Crippen molar-refractivity contribution in [3.05, 3.63) is 48.2 Å². The minimum absolute atomic E-state index is 0.0263. The Morgan fingerprint density at radius 1 is 1.17 bits per heavy atom. The third kappa shape index (κ3) is 5.20. The van der Waals surface area contributed by atoms with Gasteiger partial charge in [0.1, 0.15) is 11.3 Å². The molecule has 150 valence electrons. The predicted octanol–water partition coefficient (Wildman–Crippen LogP) is 2.12. The first-order chi connectivity index (χ1) is 13.5. The van der Waals surface area contributed by atoms with Crippen molar-refractivity contribution in [3.8, 4) is 17.6 Å². The Morgan fingerprint density at radius 3 is 2.45 bits per heavy atom. The molecule has 0 aliphatic carbocycles. The number of anilines is 2. The number of rotatable bonds is 4. The normalized spacial score (nSPS) is 11.6. The smallest absolute Gasteiger partial charge is 0.238 e. The molecule has 0 fully saturated rings. The zero-order valence-electron chi connectivity index (χ0n) is 16.2. The van der Waals surface area contributed by atoms with Gasteiger partial charge in [0.25, 0.3) is 0 Å². The fourth-order valence-electron chi connectivity index (χ4n) is 2.49. The highest BCUT2D eigenvalue weighted by molar-refractivity contribution is 7.89. The summed E-state index contributed by atoms with van der Waals surface area (Å²) in [6.07, 6.45) is 1.66. The van der Waals surface area contributed by atoms with Gasteiger partial charge in [0, 0.05) is 22.8 Å². The summed E-state index contributed by atoms with van der Waals surface area (Å²) >= 11 is 0. The van der Waals surface area contributed by atoms with Gasteiger partial charge in [0.05, 0.1) is 17.5 Å². The van der Waals surface area contributed by atoms with E-state index >= 15 is 0 Å². The van der Waals surface area contributed by atoms with Gasteiger partial charge < -0.3 is 15.8 Å². The van der Waals surface area contributed by atoms with Gasteiger partial charge in [0.15, 0.2) is 0 Å². The molecule has 0 radical (unpaired) electrons. The van der Waals surface area contributed by atoms with Crippen LogP contribution in [0.5, 0.6) is 5.75 Å². The van der Waals surface area contributed by atoms with Crippen LogP contribution >= 0.6 is 0 Å². The van der Waals surface area contributed by atoms with Crippen molar-refractivity contribution in [2.75, 3.05) is 12.4 Å². The quantitative estimate of drug-likeness (QED) is 0.560. The minimum Gasteiger partial charge on any atom is -0.494 e. The Labute approximate surface area is 169 Å². The van der Waals surface area contributed by atoms with Gasteiger partial charge in [-0.2, -0.15) is 0 Å². The SMILES string of the molecule is COc1cc(C#CC(C)(C)N)cc2cnc(Nc3ccc(S(N)(=O)=O)cc3)nc12. The molecule has 9 heteroatoms. The van der Waals surface area contributed by atoms with Gasteiger partial charge in [0.2, 0.25) is 16.0 Å². The number of fused-ring (bicyclic) bond motifs is 1. The zero-order chi connectivity index (χ0) is 21.2. The molecule has 1 aromatic heterocycles. The fraction of sp³-hybridized carbons (Fsp3) is 0.200. The number of aromatic nitrogens is 2. The van der Waals surface area contributed by atoms with Gasteiger partial charge in [-0.3, -0.25) is 0 Å². The Morgan fingerprint density at radius 2 is 1.86 bits per heavy atom. The molecule has 0 amide bonds. The van der Waals surface area contributed by atoms with E-state index in [0.717, 1.165) is 10.9 Å². The second kappa shape index (κ2) is 7.67. The topological polar surface area (TPSA) is 133 Å². The number of primary sulfonamides is 1. The first-order valence-corrected chi connectivity index (χ1v) is 10.2. The molecule has 0 spiro atoms. The summed E-state index contributed by atoms with van der Waals surface area (Å²) in [5.74, 6) is 6.91. The molecule has 0 atom stereocenters. The minimum atomic E-state index is -3.74. The van der Waals surface area contributed by atoms with E-state index in [4.69, 9.17) is 15.6 Å². The van der Waals surface area contributed by atoms with Crippen LogP contribution in [0.15, 0.2) is 47.5 Å². The van der Waals surface area contributed by atoms with Crippen molar-refractivity contribution in [1.82, 2.24) is 9.97 Å². The van der Waals surface area contributed by atoms with Gasteiger partial charge in [-0.25, -0.2) is 23.5 Å². The van der Waals surface area contributed by atoms with E-state index in [1.807, 2.05) is 19.9 Å². The van der Waals surface area contributed by atoms with Crippen molar-refractivity contribution in [3.63, 3.8) is 0 Å². The number of nitrogens with zero attached hydrogens (tertiary/aromatic N) is 2. The second-order valence-electron chi connectivity index (χ2n) is 6.98. The van der Waals surface area contributed by atoms with Crippen LogP contribution in [0.4, 0.5) is 11.6 Å². The lowest BCUT2D eigenvalue weighted by atomic mass is 10.1. The van der Waals surface area contributed by atoms with E-state index in [-0.39, 0.29) is 4.90 Å². The summed E-state index contributed by atoms with van der Waals surface area (Å²) < 4.78 is 28.2. The number of hydrogen-bond donors (Lipinski definition) is 3. The van der Waals surface area contributed by atoms with Crippen molar-refractivity contribution >= 4 is 32.6 Å². The standard InChI is InChI=1S/C20H21N5O3S/c1-20(2,21)9-8-13-10-14-12-23-19(25-18(14)17(11-13)28-3)24-15-4-6-16(7-5-15)29(22,26)27/h4-7,10-12H,21H2,1-3H3,(H2,22,26,27)(H,23,24,25). The molecule has 0 saturated heterocycles. The number of hydrogen-bond acceptors (Lipinski definition) is 7. The van der Waals surface area contributed by atoms with Crippen LogP contribution < -0.4 is 20.9 Å². The molecule has 29 heavy (non-hydrogen) atoms. The average molecular weight is 411 g/mol. The Hall–Kier alpha value is -3.19. The molecule has 0 bridgehead atoms. The van der Waals surface area contributed by atoms with E-state index in [0.29, 0.717) is 22.9 Å². The summed E-state index contributed by atoms with van der Waals surface area (Å²) in [4.78, 5) is 8.83. The number of benzene rings is 2. The number of nitrogens with two attached hydrogens (primary N) is 2. The second-order valence-corrected chi connectivity index (χ2v) is 8.54. The van der Waals surface area contributed by atoms with Crippen LogP contribution in [-0.4, -0.2) is 31.0 Å². The van der Waals surface area contributed by atoms with Crippen LogP contribution in [0, 0.1) is 11.8 Å². The lowest BCUT2D eigenvalue weighted by Crippen LogP contribution is -2.29. The van der Waals surface area contributed by atoms with E-state index in [1.54, 1.807) is 31.5 Å². The summed E-state index contributed by atoms with van der Waals surface area (Å²) in [7, 11) is -2.19. The largest absolute Gasteiger partial charge is 0.494 e. The molecule has 0 saturated carbocycles. The number of methoxy groups -OCH3 is 1. The average Bonchev–Trinajstić information content (AvgIpc) is 2.65. The summed E-state index contributed by atoms with van der Waals surface area (Å²) in [6.45, 7) is 3.66. The van der Waals surface area contributed by atoms with E-state index in [2.05, 4.69) is 27.1 Å². The highest BCUT2D eigenvalue weighted by Crippen LogP contribution is 2.27. The number of nitrogens with one attached hydrogen (secondary N) is 1. The van der Waals surface area contributed by atoms with Crippen LogP contribution in [-0.2, 0) is 10.0 Å².